The summed E-state index contributed by atoms with van der Waals surface area (Å²) in [6.07, 6.45) is 2.13. The molecule has 0 radical (unpaired) electrons. The Bertz CT molecular complexity index is 268. The summed E-state index contributed by atoms with van der Waals surface area (Å²) < 4.78 is 10.8. The van der Waals surface area contributed by atoms with E-state index in [1.54, 1.807) is 6.26 Å². The smallest absolute Gasteiger partial charge is 0.227 e. The van der Waals surface area contributed by atoms with Crippen molar-refractivity contribution in [1.29, 1.82) is 0 Å². The molecule has 0 heterocycles. The van der Waals surface area contributed by atoms with Gasteiger partial charge in [0.25, 0.3) is 0 Å². The maximum atomic E-state index is 11.2. The molecule has 0 rings (SSSR count). The van der Waals surface area contributed by atoms with E-state index in [0.29, 0.717) is 12.2 Å². The third-order valence-electron chi connectivity index (χ3n) is 1.72. The van der Waals surface area contributed by atoms with Gasteiger partial charge >= 0.3 is 0 Å². The number of hydrogen-bond acceptors (Lipinski definition) is 4. The summed E-state index contributed by atoms with van der Waals surface area (Å²) in [6, 6.07) is -0.0621. The fourth-order valence-electron chi connectivity index (χ4n) is 0.941. The van der Waals surface area contributed by atoms with Crippen LogP contribution in [0.25, 0.3) is 0 Å². The highest BCUT2D eigenvalue weighted by Gasteiger charge is 2.09. The number of carbonyl (C=O) groups excluding carboxylic acids is 1. The van der Waals surface area contributed by atoms with E-state index in [2.05, 4.69) is 10.5 Å². The number of nitrogens with two attached hydrogens (primary N) is 1. The topological polar surface area (TPSA) is 105 Å². The van der Waals surface area contributed by atoms with Crippen molar-refractivity contribution >= 4 is 22.5 Å². The molecule has 6 nitrogen and oxygen atoms in total. The molecule has 0 aliphatic heterocycles. The Balaban J connectivity index is 3.81. The van der Waals surface area contributed by atoms with Crippen molar-refractivity contribution in [2.75, 3.05) is 12.0 Å². The molecule has 7 heteroatoms. The van der Waals surface area contributed by atoms with E-state index in [1.807, 2.05) is 6.92 Å². The molecule has 0 saturated heterocycles. The number of hydrogen-bond donors (Lipinski definition) is 3. The molecule has 0 aliphatic rings. The lowest BCUT2D eigenvalue weighted by atomic mass is 10.2. The maximum absolute atomic E-state index is 11.2. The highest BCUT2D eigenvalue weighted by molar-refractivity contribution is 7.84. The predicted octanol–water partition coefficient (Wildman–Crippen LogP) is -0.604. The second-order valence-electron chi connectivity index (χ2n) is 3.30. The number of oxime groups is 1. The largest absolute Gasteiger partial charge is 0.409 e. The van der Waals surface area contributed by atoms with E-state index in [0.717, 1.165) is 0 Å². The maximum Gasteiger partial charge on any atom is 0.227 e. The number of nitrogens with one attached hydrogen (secondary N) is 1. The molecule has 2 atom stereocenters. The Hall–Kier alpha value is -1.11. The van der Waals surface area contributed by atoms with Crippen molar-refractivity contribution in [2.45, 2.75) is 25.8 Å². The van der Waals surface area contributed by atoms with Crippen LogP contribution in [0.2, 0.25) is 0 Å². The summed E-state index contributed by atoms with van der Waals surface area (Å²) in [7, 11) is -0.853. The van der Waals surface area contributed by atoms with E-state index in [-0.39, 0.29) is 24.2 Å². The number of nitrogens with zero attached hydrogens (tertiary/aromatic N) is 1. The van der Waals surface area contributed by atoms with Crippen LogP contribution in [0.15, 0.2) is 5.16 Å². The molecule has 15 heavy (non-hydrogen) atoms. The number of amides is 1. The van der Waals surface area contributed by atoms with Crippen molar-refractivity contribution in [3.8, 4) is 0 Å². The lowest BCUT2D eigenvalue weighted by molar-refractivity contribution is -0.120. The Labute approximate surface area is 91.4 Å². The van der Waals surface area contributed by atoms with E-state index >= 15 is 0 Å². The zero-order valence-corrected chi connectivity index (χ0v) is 9.71. The van der Waals surface area contributed by atoms with Crippen LogP contribution in [0, 0.1) is 0 Å². The van der Waals surface area contributed by atoms with E-state index in [9.17, 15) is 9.00 Å². The van der Waals surface area contributed by atoms with Crippen LogP contribution in [0.4, 0.5) is 0 Å². The first-order chi connectivity index (χ1) is 6.95. The van der Waals surface area contributed by atoms with Crippen LogP contribution in [0.5, 0.6) is 0 Å². The lowest BCUT2D eigenvalue weighted by Gasteiger charge is -2.12. The van der Waals surface area contributed by atoms with Crippen LogP contribution in [0.3, 0.4) is 0 Å². The Morgan fingerprint density at radius 1 is 1.67 bits per heavy atom. The van der Waals surface area contributed by atoms with Crippen molar-refractivity contribution in [3.63, 3.8) is 0 Å². The van der Waals surface area contributed by atoms with Gasteiger partial charge in [0.05, 0.1) is 6.42 Å². The first kappa shape index (κ1) is 13.9. The van der Waals surface area contributed by atoms with Gasteiger partial charge < -0.3 is 16.3 Å². The molecule has 88 valence electrons. The quantitative estimate of drug-likeness (QED) is 0.247. The summed E-state index contributed by atoms with van der Waals surface area (Å²) in [6.45, 7) is 1.82. The van der Waals surface area contributed by atoms with Crippen molar-refractivity contribution < 1.29 is 14.2 Å². The zero-order chi connectivity index (χ0) is 11.8. The van der Waals surface area contributed by atoms with Gasteiger partial charge in [0.15, 0.2) is 0 Å². The molecule has 0 aromatic rings. The summed E-state index contributed by atoms with van der Waals surface area (Å²) >= 11 is 0. The minimum atomic E-state index is -0.853. The van der Waals surface area contributed by atoms with Crippen LogP contribution in [0.1, 0.15) is 19.8 Å². The van der Waals surface area contributed by atoms with Crippen LogP contribution < -0.4 is 11.1 Å². The summed E-state index contributed by atoms with van der Waals surface area (Å²) in [5, 5.41) is 13.6. The Kier molecular flexibility index (Phi) is 6.68. The number of rotatable bonds is 6. The monoisotopic (exact) mass is 235 g/mol. The predicted molar refractivity (Wildman–Crippen MR) is 59.2 cm³/mol. The molecule has 0 saturated carbocycles. The SMILES string of the molecule is CC(CCS(C)=O)NC(=O)CC(N)=NO. The van der Waals surface area contributed by atoms with Gasteiger partial charge in [-0.2, -0.15) is 0 Å². The summed E-state index contributed by atoms with van der Waals surface area (Å²) in [5.41, 5.74) is 5.16. The van der Waals surface area contributed by atoms with E-state index in [4.69, 9.17) is 10.9 Å². The van der Waals surface area contributed by atoms with Gasteiger partial charge in [-0.15, -0.1) is 0 Å². The molecule has 0 spiro atoms. The fraction of sp³-hybridized carbons (Fsp3) is 0.750. The van der Waals surface area contributed by atoms with Crippen molar-refractivity contribution in [3.05, 3.63) is 0 Å². The first-order valence-electron chi connectivity index (χ1n) is 4.51. The molecule has 0 bridgehead atoms. The van der Waals surface area contributed by atoms with Gasteiger partial charge in [0.2, 0.25) is 5.91 Å². The molecule has 4 N–H and O–H groups in total. The molecule has 0 aromatic heterocycles. The third-order valence-corrected chi connectivity index (χ3v) is 2.53. The van der Waals surface area contributed by atoms with Crippen molar-refractivity contribution in [1.82, 2.24) is 5.32 Å². The van der Waals surface area contributed by atoms with Gasteiger partial charge in [-0.25, -0.2) is 0 Å². The number of amidine groups is 1. The average Bonchev–Trinajstić information content (AvgIpc) is 2.14. The van der Waals surface area contributed by atoms with Gasteiger partial charge in [0, 0.05) is 28.9 Å². The van der Waals surface area contributed by atoms with E-state index < -0.39 is 10.8 Å². The second kappa shape index (κ2) is 7.22. The zero-order valence-electron chi connectivity index (χ0n) is 8.90. The molecular formula is C8H17N3O3S. The third kappa shape index (κ3) is 7.92. The minimum absolute atomic E-state index is 0.0621. The molecule has 2 unspecified atom stereocenters. The van der Waals surface area contributed by atoms with Crippen molar-refractivity contribution in [2.24, 2.45) is 10.9 Å². The minimum Gasteiger partial charge on any atom is -0.409 e. The van der Waals surface area contributed by atoms with Gasteiger partial charge in [-0.05, 0) is 13.3 Å². The van der Waals surface area contributed by atoms with Crippen LogP contribution >= 0.6 is 0 Å². The number of carbonyl (C=O) groups is 1. The van der Waals surface area contributed by atoms with Crippen LogP contribution in [-0.4, -0.2) is 39.2 Å². The highest BCUT2D eigenvalue weighted by Crippen LogP contribution is 1.93. The molecule has 0 aromatic carbocycles. The fourth-order valence-corrected chi connectivity index (χ4v) is 1.63. The Morgan fingerprint density at radius 2 is 2.27 bits per heavy atom. The molecule has 1 amide bonds. The first-order valence-corrected chi connectivity index (χ1v) is 6.24. The Morgan fingerprint density at radius 3 is 2.73 bits per heavy atom. The van der Waals surface area contributed by atoms with E-state index in [1.165, 1.54) is 0 Å². The normalized spacial score (nSPS) is 15.7. The molecule has 0 aliphatic carbocycles. The van der Waals surface area contributed by atoms with Gasteiger partial charge in [-0.3, -0.25) is 9.00 Å². The van der Waals surface area contributed by atoms with Gasteiger partial charge in [0.1, 0.15) is 5.84 Å². The molecular weight excluding hydrogens is 218 g/mol. The summed E-state index contributed by atoms with van der Waals surface area (Å²) in [4.78, 5) is 11.2. The van der Waals surface area contributed by atoms with Gasteiger partial charge in [-0.1, -0.05) is 5.16 Å². The molecule has 0 fully saturated rings. The van der Waals surface area contributed by atoms with Crippen LogP contribution in [-0.2, 0) is 15.6 Å². The average molecular weight is 235 g/mol. The standard InChI is InChI=1S/C8H17N3O3S/c1-6(3-4-15(2)14)10-8(12)5-7(9)11-13/h6,13H,3-5H2,1-2H3,(H2,9,11)(H,10,12). The second-order valence-corrected chi connectivity index (χ2v) is 4.86. The highest BCUT2D eigenvalue weighted by atomic mass is 32.2. The summed E-state index contributed by atoms with van der Waals surface area (Å²) in [5.74, 6) is 0.115. The lowest BCUT2D eigenvalue weighted by Crippen LogP contribution is -2.35.